The van der Waals surface area contributed by atoms with Crippen molar-refractivity contribution >= 4 is 0 Å². The molecule has 3 rings (SSSR count). The normalized spacial score (nSPS) is 26.1. The van der Waals surface area contributed by atoms with Gasteiger partial charge in [0.05, 0.1) is 19.5 Å². The SMILES string of the molecule is c1ncc(C2CCC3(CC2)OCCO3)[nH]1. The number of nitrogens with one attached hydrogen (secondary N) is 1. The van der Waals surface area contributed by atoms with Gasteiger partial charge in [-0.05, 0) is 12.8 Å². The van der Waals surface area contributed by atoms with Gasteiger partial charge in [-0.3, -0.25) is 0 Å². The Morgan fingerprint density at radius 2 is 2.00 bits per heavy atom. The number of imidazole rings is 1. The highest BCUT2D eigenvalue weighted by Gasteiger charge is 2.40. The summed E-state index contributed by atoms with van der Waals surface area (Å²) < 4.78 is 11.4. The second-order valence-corrected chi connectivity index (χ2v) is 4.39. The summed E-state index contributed by atoms with van der Waals surface area (Å²) >= 11 is 0. The predicted molar refractivity (Wildman–Crippen MR) is 54.4 cm³/mol. The van der Waals surface area contributed by atoms with Crippen LogP contribution in [0.3, 0.4) is 0 Å². The van der Waals surface area contributed by atoms with Crippen molar-refractivity contribution in [3.05, 3.63) is 18.2 Å². The number of aromatic amines is 1. The second kappa shape index (κ2) is 3.61. The summed E-state index contributed by atoms with van der Waals surface area (Å²) in [7, 11) is 0. The number of rotatable bonds is 1. The van der Waals surface area contributed by atoms with Crippen LogP contribution in [0, 0.1) is 0 Å². The quantitative estimate of drug-likeness (QED) is 0.765. The minimum Gasteiger partial charge on any atom is -0.348 e. The maximum Gasteiger partial charge on any atom is 0.168 e. The van der Waals surface area contributed by atoms with Gasteiger partial charge in [-0.15, -0.1) is 0 Å². The summed E-state index contributed by atoms with van der Waals surface area (Å²) in [4.78, 5) is 7.26. The highest BCUT2D eigenvalue weighted by molar-refractivity contribution is 5.05. The lowest BCUT2D eigenvalue weighted by Crippen LogP contribution is -2.34. The van der Waals surface area contributed by atoms with Gasteiger partial charge in [-0.25, -0.2) is 4.98 Å². The average Bonchev–Trinajstić information content (AvgIpc) is 2.91. The molecule has 0 unspecified atom stereocenters. The molecule has 1 N–H and O–H groups in total. The molecule has 1 saturated carbocycles. The van der Waals surface area contributed by atoms with E-state index in [0.29, 0.717) is 5.92 Å². The molecule has 82 valence electrons. The van der Waals surface area contributed by atoms with Gasteiger partial charge in [0.1, 0.15) is 0 Å². The first-order chi connectivity index (χ1) is 7.38. The summed E-state index contributed by atoms with van der Waals surface area (Å²) in [6.45, 7) is 1.52. The lowest BCUT2D eigenvalue weighted by molar-refractivity contribution is -0.178. The van der Waals surface area contributed by atoms with Crippen LogP contribution in [0.1, 0.15) is 37.3 Å². The van der Waals surface area contributed by atoms with Crippen LogP contribution in [0.25, 0.3) is 0 Å². The Kier molecular flexibility index (Phi) is 2.25. The Morgan fingerprint density at radius 3 is 2.60 bits per heavy atom. The first-order valence-electron chi connectivity index (χ1n) is 5.64. The van der Waals surface area contributed by atoms with Crippen molar-refractivity contribution < 1.29 is 9.47 Å². The first kappa shape index (κ1) is 9.36. The smallest absolute Gasteiger partial charge is 0.168 e. The van der Waals surface area contributed by atoms with E-state index in [-0.39, 0.29) is 5.79 Å². The van der Waals surface area contributed by atoms with Gasteiger partial charge in [-0.1, -0.05) is 0 Å². The predicted octanol–water partition coefficient (Wildman–Crippen LogP) is 1.81. The molecule has 2 aliphatic rings. The zero-order valence-electron chi connectivity index (χ0n) is 8.74. The van der Waals surface area contributed by atoms with E-state index in [9.17, 15) is 0 Å². The number of aromatic nitrogens is 2. The van der Waals surface area contributed by atoms with Gasteiger partial charge in [0.25, 0.3) is 0 Å². The van der Waals surface area contributed by atoms with Crippen molar-refractivity contribution in [3.8, 4) is 0 Å². The highest BCUT2D eigenvalue weighted by atomic mass is 16.7. The summed E-state index contributed by atoms with van der Waals surface area (Å²) in [5.74, 6) is 0.363. The Hall–Kier alpha value is -0.870. The highest BCUT2D eigenvalue weighted by Crippen LogP contribution is 2.41. The number of hydrogen-bond donors (Lipinski definition) is 1. The van der Waals surface area contributed by atoms with Crippen LogP contribution in [0.5, 0.6) is 0 Å². The molecule has 0 atom stereocenters. The van der Waals surface area contributed by atoms with Crippen LogP contribution in [-0.4, -0.2) is 29.0 Å². The molecule has 1 spiro atoms. The fourth-order valence-corrected chi connectivity index (χ4v) is 2.64. The van der Waals surface area contributed by atoms with Crippen molar-refractivity contribution in [2.75, 3.05) is 13.2 Å². The third-order valence-corrected chi connectivity index (χ3v) is 3.52. The zero-order valence-corrected chi connectivity index (χ0v) is 8.74. The monoisotopic (exact) mass is 208 g/mol. The molecule has 1 aliphatic heterocycles. The summed E-state index contributed by atoms with van der Waals surface area (Å²) in [5.41, 5.74) is 1.25. The van der Waals surface area contributed by atoms with Crippen LogP contribution in [0.15, 0.2) is 12.5 Å². The van der Waals surface area contributed by atoms with Gasteiger partial charge < -0.3 is 14.5 Å². The van der Waals surface area contributed by atoms with Gasteiger partial charge >= 0.3 is 0 Å². The molecule has 2 heterocycles. The molecule has 15 heavy (non-hydrogen) atoms. The second-order valence-electron chi connectivity index (χ2n) is 4.39. The first-order valence-corrected chi connectivity index (χ1v) is 5.64. The molecular formula is C11H16N2O2. The lowest BCUT2D eigenvalue weighted by Gasteiger charge is -2.34. The van der Waals surface area contributed by atoms with Crippen molar-refractivity contribution in [3.63, 3.8) is 0 Å². The molecule has 1 aromatic rings. The average molecular weight is 208 g/mol. The molecule has 4 nitrogen and oxygen atoms in total. The maximum atomic E-state index is 5.70. The van der Waals surface area contributed by atoms with Gasteiger partial charge in [0.2, 0.25) is 0 Å². The molecule has 1 saturated heterocycles. The van der Waals surface area contributed by atoms with E-state index >= 15 is 0 Å². The molecule has 1 aromatic heterocycles. The molecule has 0 aromatic carbocycles. The van der Waals surface area contributed by atoms with E-state index in [1.807, 2.05) is 6.20 Å². The zero-order chi connectivity index (χ0) is 10.1. The van der Waals surface area contributed by atoms with Crippen molar-refractivity contribution in [2.24, 2.45) is 0 Å². The van der Waals surface area contributed by atoms with E-state index in [1.165, 1.54) is 5.69 Å². The van der Waals surface area contributed by atoms with Crippen LogP contribution in [0.2, 0.25) is 0 Å². The fraction of sp³-hybridized carbons (Fsp3) is 0.727. The largest absolute Gasteiger partial charge is 0.348 e. The third-order valence-electron chi connectivity index (χ3n) is 3.52. The van der Waals surface area contributed by atoms with Gasteiger partial charge in [-0.2, -0.15) is 0 Å². The van der Waals surface area contributed by atoms with E-state index in [0.717, 1.165) is 38.9 Å². The molecule has 2 fully saturated rings. The van der Waals surface area contributed by atoms with E-state index in [4.69, 9.17) is 9.47 Å². The number of ether oxygens (including phenoxy) is 2. The molecule has 4 heteroatoms. The maximum absolute atomic E-state index is 5.70. The van der Waals surface area contributed by atoms with Crippen LogP contribution < -0.4 is 0 Å². The van der Waals surface area contributed by atoms with Crippen molar-refractivity contribution in [2.45, 2.75) is 37.4 Å². The lowest BCUT2D eigenvalue weighted by atomic mass is 9.83. The fourth-order valence-electron chi connectivity index (χ4n) is 2.64. The third kappa shape index (κ3) is 1.68. The standard InChI is InChI=1S/C11H16N2O2/c1-3-11(14-5-6-15-11)4-2-9(1)10-7-12-8-13-10/h7-9H,1-6H2,(H,12,13). The van der Waals surface area contributed by atoms with E-state index < -0.39 is 0 Å². The number of H-pyrrole nitrogens is 1. The number of hydrogen-bond acceptors (Lipinski definition) is 3. The van der Waals surface area contributed by atoms with E-state index in [1.54, 1.807) is 6.33 Å². The van der Waals surface area contributed by atoms with Gasteiger partial charge in [0, 0.05) is 30.7 Å². The van der Waals surface area contributed by atoms with Crippen molar-refractivity contribution in [1.29, 1.82) is 0 Å². The Morgan fingerprint density at radius 1 is 1.27 bits per heavy atom. The molecule has 0 amide bonds. The topological polar surface area (TPSA) is 47.1 Å². The van der Waals surface area contributed by atoms with Crippen LogP contribution in [0.4, 0.5) is 0 Å². The number of nitrogens with zero attached hydrogens (tertiary/aromatic N) is 1. The molecular weight excluding hydrogens is 192 g/mol. The Balaban J connectivity index is 1.65. The summed E-state index contributed by atoms with van der Waals surface area (Å²) in [6.07, 6.45) is 7.96. The molecule has 0 bridgehead atoms. The van der Waals surface area contributed by atoms with Crippen LogP contribution >= 0.6 is 0 Å². The van der Waals surface area contributed by atoms with E-state index in [2.05, 4.69) is 9.97 Å². The van der Waals surface area contributed by atoms with Crippen molar-refractivity contribution in [1.82, 2.24) is 9.97 Å². The summed E-state index contributed by atoms with van der Waals surface area (Å²) in [5, 5.41) is 0. The Bertz CT molecular complexity index is 307. The molecule has 0 radical (unpaired) electrons. The molecule has 1 aliphatic carbocycles. The summed E-state index contributed by atoms with van der Waals surface area (Å²) in [6, 6.07) is 0. The minimum absolute atomic E-state index is 0.240. The van der Waals surface area contributed by atoms with Gasteiger partial charge in [0.15, 0.2) is 5.79 Å². The Labute approximate surface area is 89.0 Å². The minimum atomic E-state index is -0.240. The van der Waals surface area contributed by atoms with Crippen LogP contribution in [-0.2, 0) is 9.47 Å².